The molecule has 0 radical (unpaired) electrons. The summed E-state index contributed by atoms with van der Waals surface area (Å²) in [6, 6.07) is 19.0. The fourth-order valence-corrected chi connectivity index (χ4v) is 5.33. The van der Waals surface area contributed by atoms with E-state index in [2.05, 4.69) is 21.2 Å². The fraction of sp³-hybridized carbons (Fsp3) is 0.310. The van der Waals surface area contributed by atoms with Crippen LogP contribution in [-0.4, -0.2) is 49.5 Å². The van der Waals surface area contributed by atoms with Gasteiger partial charge >= 0.3 is 0 Å². The van der Waals surface area contributed by atoms with Crippen molar-refractivity contribution in [3.05, 3.63) is 99.2 Å². The first kappa shape index (κ1) is 31.6. The zero-order valence-corrected chi connectivity index (χ0v) is 25.9. The van der Waals surface area contributed by atoms with E-state index >= 15 is 0 Å². The van der Waals surface area contributed by atoms with Crippen molar-refractivity contribution in [3.63, 3.8) is 0 Å². The third-order valence-corrected chi connectivity index (χ3v) is 7.86. The van der Waals surface area contributed by atoms with Crippen LogP contribution in [0.5, 0.6) is 0 Å². The molecule has 1 atom stereocenters. The second-order valence-electron chi connectivity index (χ2n) is 10.5. The first-order valence-electron chi connectivity index (χ1n) is 12.5. The second-order valence-corrected chi connectivity index (χ2v) is 13.7. The number of nitrogens with zero attached hydrogens (tertiary/aromatic N) is 2. The van der Waals surface area contributed by atoms with Gasteiger partial charge < -0.3 is 10.2 Å². The number of rotatable bonds is 10. The Morgan fingerprint density at radius 1 is 1.00 bits per heavy atom. The third-order valence-electron chi connectivity index (χ3n) is 5.91. The van der Waals surface area contributed by atoms with Crippen molar-refractivity contribution < 1.29 is 22.4 Å². The number of benzene rings is 3. The Labute approximate surface area is 248 Å². The summed E-state index contributed by atoms with van der Waals surface area (Å²) in [6.07, 6.45) is 1.15. The average molecular weight is 653 g/mol. The highest BCUT2D eigenvalue weighted by Crippen LogP contribution is 2.25. The number of hydrogen-bond acceptors (Lipinski definition) is 4. The van der Waals surface area contributed by atoms with E-state index in [0.717, 1.165) is 38.3 Å². The molecular formula is C29H32BrClFN3O4S. The Bertz CT molecular complexity index is 1450. The summed E-state index contributed by atoms with van der Waals surface area (Å²) in [7, 11) is -3.99. The van der Waals surface area contributed by atoms with Crippen molar-refractivity contribution in [1.29, 1.82) is 0 Å². The minimum absolute atomic E-state index is 0.0320. The molecule has 3 aromatic rings. The minimum Gasteiger partial charge on any atom is -0.350 e. The van der Waals surface area contributed by atoms with Crippen LogP contribution in [0.15, 0.2) is 77.3 Å². The molecule has 0 saturated carbocycles. The normalized spacial score (nSPS) is 12.5. The molecule has 0 aliphatic heterocycles. The van der Waals surface area contributed by atoms with Gasteiger partial charge in [0.15, 0.2) is 0 Å². The largest absolute Gasteiger partial charge is 0.350 e. The van der Waals surface area contributed by atoms with E-state index in [1.54, 1.807) is 0 Å². The lowest BCUT2D eigenvalue weighted by Crippen LogP contribution is -2.56. The maximum Gasteiger partial charge on any atom is 0.244 e. The maximum atomic E-state index is 14.0. The van der Waals surface area contributed by atoms with Crippen molar-refractivity contribution in [3.8, 4) is 0 Å². The Hall–Kier alpha value is -2.95. The number of nitrogens with one attached hydrogen (secondary N) is 1. The summed E-state index contributed by atoms with van der Waals surface area (Å²) in [6.45, 7) is 4.95. The van der Waals surface area contributed by atoms with Gasteiger partial charge in [-0.15, -0.1) is 0 Å². The van der Waals surface area contributed by atoms with Crippen LogP contribution in [0.1, 0.15) is 31.9 Å². The van der Waals surface area contributed by atoms with Gasteiger partial charge in [-0.25, -0.2) is 12.8 Å². The van der Waals surface area contributed by atoms with E-state index in [-0.39, 0.29) is 29.6 Å². The molecule has 3 rings (SSSR count). The predicted molar refractivity (Wildman–Crippen MR) is 160 cm³/mol. The molecule has 0 bridgehead atoms. The Morgan fingerprint density at radius 3 is 2.17 bits per heavy atom. The number of halogens is 3. The number of carbonyl (C=O) groups excluding carboxylic acids is 2. The van der Waals surface area contributed by atoms with Gasteiger partial charge in [-0.05, 0) is 62.2 Å². The van der Waals surface area contributed by atoms with Crippen LogP contribution < -0.4 is 9.62 Å². The van der Waals surface area contributed by atoms with Gasteiger partial charge in [-0.3, -0.25) is 13.9 Å². The van der Waals surface area contributed by atoms with Gasteiger partial charge in [0.05, 0.1) is 17.0 Å². The number of carbonyl (C=O) groups is 2. The van der Waals surface area contributed by atoms with E-state index < -0.39 is 39.9 Å². The molecule has 0 unspecified atom stereocenters. The summed E-state index contributed by atoms with van der Waals surface area (Å²) >= 11 is 9.33. The minimum atomic E-state index is -3.99. The number of anilines is 1. The molecule has 0 saturated heterocycles. The Kier molecular flexibility index (Phi) is 10.4. The van der Waals surface area contributed by atoms with E-state index in [9.17, 15) is 22.4 Å². The molecule has 7 nitrogen and oxygen atoms in total. The van der Waals surface area contributed by atoms with Crippen molar-refractivity contribution >= 4 is 55.1 Å². The summed E-state index contributed by atoms with van der Waals surface area (Å²) in [5.74, 6) is -1.71. The van der Waals surface area contributed by atoms with Crippen molar-refractivity contribution in [2.45, 2.75) is 45.3 Å². The first-order chi connectivity index (χ1) is 18.6. The predicted octanol–water partition coefficient (Wildman–Crippen LogP) is 5.56. The van der Waals surface area contributed by atoms with Crippen LogP contribution in [0.4, 0.5) is 10.1 Å². The maximum absolute atomic E-state index is 14.0. The van der Waals surface area contributed by atoms with Crippen molar-refractivity contribution in [2.75, 3.05) is 17.1 Å². The van der Waals surface area contributed by atoms with Gasteiger partial charge in [0.1, 0.15) is 18.4 Å². The average Bonchev–Trinajstić information content (AvgIpc) is 2.86. The number of hydrogen-bond donors (Lipinski definition) is 1. The molecule has 214 valence electrons. The molecule has 0 heterocycles. The quantitative estimate of drug-likeness (QED) is 0.311. The van der Waals surface area contributed by atoms with Gasteiger partial charge in [0, 0.05) is 23.0 Å². The van der Waals surface area contributed by atoms with Crippen LogP contribution in [-0.2, 0) is 32.6 Å². The third kappa shape index (κ3) is 9.04. The van der Waals surface area contributed by atoms with Crippen LogP contribution in [0, 0.1) is 5.82 Å². The highest BCUT2D eigenvalue weighted by Gasteiger charge is 2.34. The lowest BCUT2D eigenvalue weighted by atomic mass is 10.0. The van der Waals surface area contributed by atoms with Crippen LogP contribution in [0.25, 0.3) is 0 Å². The Morgan fingerprint density at radius 2 is 1.62 bits per heavy atom. The first-order valence-corrected chi connectivity index (χ1v) is 15.5. The molecule has 0 fully saturated rings. The van der Waals surface area contributed by atoms with Gasteiger partial charge in [0.2, 0.25) is 21.8 Å². The molecule has 11 heteroatoms. The van der Waals surface area contributed by atoms with Crippen LogP contribution in [0.3, 0.4) is 0 Å². The Balaban J connectivity index is 2.08. The van der Waals surface area contributed by atoms with E-state index in [4.69, 9.17) is 11.6 Å². The monoisotopic (exact) mass is 651 g/mol. The second kappa shape index (κ2) is 13.1. The molecule has 0 spiro atoms. The van der Waals surface area contributed by atoms with E-state index in [0.29, 0.717) is 0 Å². The topological polar surface area (TPSA) is 86.8 Å². The molecule has 3 aromatic carbocycles. The summed E-state index contributed by atoms with van der Waals surface area (Å²) in [4.78, 5) is 29.1. The molecule has 40 heavy (non-hydrogen) atoms. The SMILES string of the molecule is CC(C)(C)NC(=O)[C@@H](Cc1ccccc1)N(Cc1ccc(Br)cc1)C(=O)CN(c1ccc(F)c(Cl)c1)S(C)(=O)=O. The molecule has 2 amide bonds. The molecule has 0 aromatic heterocycles. The van der Waals surface area contributed by atoms with Crippen molar-refractivity contribution in [2.24, 2.45) is 0 Å². The van der Waals surface area contributed by atoms with Gasteiger partial charge in [-0.2, -0.15) is 0 Å². The standard InChI is InChI=1S/C29H32BrClFN3O4S/c1-29(2,3)33-28(37)26(16-20-8-6-5-7-9-20)34(18-21-10-12-22(30)13-11-21)27(36)19-35(40(4,38)39)23-14-15-25(32)24(31)17-23/h5-15,17,26H,16,18-19H2,1-4H3,(H,33,37)/t26-/m1/s1. The van der Waals surface area contributed by atoms with E-state index in [1.165, 1.54) is 11.0 Å². The summed E-state index contributed by atoms with van der Waals surface area (Å²) < 4.78 is 41.1. The fourth-order valence-electron chi connectivity index (χ4n) is 4.05. The zero-order valence-electron chi connectivity index (χ0n) is 22.7. The molecule has 0 aliphatic rings. The molecular weight excluding hydrogens is 621 g/mol. The highest BCUT2D eigenvalue weighted by molar-refractivity contribution is 9.10. The number of amides is 2. The van der Waals surface area contributed by atoms with Crippen molar-refractivity contribution in [1.82, 2.24) is 10.2 Å². The molecule has 0 aliphatic carbocycles. The summed E-state index contributed by atoms with van der Waals surface area (Å²) in [5, 5.41) is 2.69. The van der Waals surface area contributed by atoms with Crippen LogP contribution in [0.2, 0.25) is 5.02 Å². The van der Waals surface area contributed by atoms with E-state index in [1.807, 2.05) is 75.4 Å². The smallest absolute Gasteiger partial charge is 0.244 e. The van der Waals surface area contributed by atoms with Crippen LogP contribution >= 0.6 is 27.5 Å². The summed E-state index contributed by atoms with van der Waals surface area (Å²) in [5.41, 5.74) is 1.02. The highest BCUT2D eigenvalue weighted by atomic mass is 79.9. The molecule has 1 N–H and O–H groups in total. The lowest BCUT2D eigenvalue weighted by molar-refractivity contribution is -0.140. The lowest BCUT2D eigenvalue weighted by Gasteiger charge is -2.35. The van der Waals surface area contributed by atoms with Gasteiger partial charge in [0.25, 0.3) is 0 Å². The zero-order chi connectivity index (χ0) is 29.7. The number of sulfonamides is 1. The van der Waals surface area contributed by atoms with Gasteiger partial charge in [-0.1, -0.05) is 70.0 Å².